The molecule has 0 heterocycles. The maximum absolute atomic E-state index is 3.25. The monoisotopic (exact) mass is 229 g/mol. The van der Waals surface area contributed by atoms with Crippen molar-refractivity contribution in [3.8, 4) is 0 Å². The molecule has 0 spiro atoms. The minimum absolute atomic E-state index is 0.594. The van der Waals surface area contributed by atoms with E-state index in [1.54, 1.807) is 0 Å². The molecule has 0 aromatic heterocycles. The summed E-state index contributed by atoms with van der Waals surface area (Å²) >= 11 is 0. The van der Waals surface area contributed by atoms with Gasteiger partial charge < -0.3 is 5.32 Å². The molecule has 0 fully saturated rings. The molecule has 0 saturated heterocycles. The molecule has 2 rings (SSSR count). The number of hydrogen-bond acceptors (Lipinski definition) is 1. The van der Waals surface area contributed by atoms with Gasteiger partial charge in [0.1, 0.15) is 0 Å². The van der Waals surface area contributed by atoms with Gasteiger partial charge in [0.05, 0.1) is 0 Å². The molecule has 1 N–H and O–H groups in total. The van der Waals surface area contributed by atoms with Crippen molar-refractivity contribution in [2.75, 3.05) is 13.6 Å². The largest absolute Gasteiger partial charge is 0.319 e. The lowest BCUT2D eigenvalue weighted by Gasteiger charge is -2.27. The van der Waals surface area contributed by atoms with Gasteiger partial charge in [-0.2, -0.15) is 0 Å². The molecule has 92 valence electrons. The second kappa shape index (κ2) is 6.02. The maximum atomic E-state index is 3.25. The molecule has 0 aromatic rings. The predicted molar refractivity (Wildman–Crippen MR) is 74.8 cm³/mol. The lowest BCUT2D eigenvalue weighted by molar-refractivity contribution is 0.509. The fourth-order valence-electron chi connectivity index (χ4n) is 2.74. The molecule has 0 radical (unpaired) electrons. The van der Waals surface area contributed by atoms with E-state index in [-0.39, 0.29) is 0 Å². The van der Waals surface area contributed by atoms with Gasteiger partial charge in [0, 0.05) is 12.5 Å². The number of hydrogen-bond donors (Lipinski definition) is 1. The van der Waals surface area contributed by atoms with Gasteiger partial charge in [-0.05, 0) is 37.3 Å². The van der Waals surface area contributed by atoms with E-state index in [2.05, 4.69) is 54.8 Å². The van der Waals surface area contributed by atoms with Crippen LogP contribution in [-0.4, -0.2) is 13.6 Å². The van der Waals surface area contributed by atoms with Crippen molar-refractivity contribution >= 4 is 0 Å². The number of nitrogens with one attached hydrogen (secondary N) is 1. The molecule has 1 nitrogen and oxygen atoms in total. The van der Waals surface area contributed by atoms with E-state index < -0.39 is 0 Å². The molecular weight excluding hydrogens is 206 g/mol. The molecule has 0 bridgehead atoms. The maximum Gasteiger partial charge on any atom is 0.00806 e. The molecule has 17 heavy (non-hydrogen) atoms. The summed E-state index contributed by atoms with van der Waals surface area (Å²) in [4.78, 5) is 0. The minimum atomic E-state index is 0.594. The minimum Gasteiger partial charge on any atom is -0.319 e. The third-order valence-corrected chi connectivity index (χ3v) is 3.79. The summed E-state index contributed by atoms with van der Waals surface area (Å²) in [7, 11) is 2.02. The van der Waals surface area contributed by atoms with Crippen LogP contribution >= 0.6 is 0 Å². The normalized spacial score (nSPS) is 31.6. The van der Waals surface area contributed by atoms with E-state index in [1.165, 1.54) is 18.4 Å². The first-order valence-corrected chi connectivity index (χ1v) is 6.73. The summed E-state index contributed by atoms with van der Waals surface area (Å²) in [5, 5.41) is 3.25. The average Bonchev–Trinajstić information content (AvgIpc) is 2.40. The molecule has 0 amide bonds. The van der Waals surface area contributed by atoms with E-state index in [4.69, 9.17) is 0 Å². The number of allylic oxidation sites excluding steroid dienone is 7. The average molecular weight is 229 g/mol. The zero-order valence-electron chi connectivity index (χ0n) is 10.9. The second-order valence-electron chi connectivity index (χ2n) is 4.98. The van der Waals surface area contributed by atoms with Gasteiger partial charge in [-0.25, -0.2) is 0 Å². The second-order valence-corrected chi connectivity index (χ2v) is 4.98. The van der Waals surface area contributed by atoms with Crippen molar-refractivity contribution in [3.05, 3.63) is 48.1 Å². The topological polar surface area (TPSA) is 12.0 Å². The van der Waals surface area contributed by atoms with Crippen LogP contribution in [0.15, 0.2) is 48.1 Å². The molecule has 0 saturated carbocycles. The van der Waals surface area contributed by atoms with E-state index >= 15 is 0 Å². The summed E-state index contributed by atoms with van der Waals surface area (Å²) < 4.78 is 0. The van der Waals surface area contributed by atoms with Crippen molar-refractivity contribution < 1.29 is 0 Å². The quantitative estimate of drug-likeness (QED) is 0.778. The van der Waals surface area contributed by atoms with Gasteiger partial charge in [-0.15, -0.1) is 0 Å². The SMILES string of the molecule is CCC1C=CC=CC1C1=CCC(CNC)C=C1. The molecule has 3 atom stereocenters. The highest BCUT2D eigenvalue weighted by Gasteiger charge is 2.21. The molecule has 0 aromatic carbocycles. The van der Waals surface area contributed by atoms with E-state index in [0.717, 1.165) is 6.54 Å². The van der Waals surface area contributed by atoms with E-state index in [1.807, 2.05) is 7.05 Å². The lowest BCUT2D eigenvalue weighted by Crippen LogP contribution is -2.20. The first kappa shape index (κ1) is 12.4. The smallest absolute Gasteiger partial charge is 0.00806 e. The molecule has 0 aliphatic heterocycles. The Kier molecular flexibility index (Phi) is 4.38. The van der Waals surface area contributed by atoms with Crippen LogP contribution in [0.1, 0.15) is 19.8 Å². The Morgan fingerprint density at radius 3 is 2.71 bits per heavy atom. The Balaban J connectivity index is 2.02. The molecule has 2 aliphatic rings. The van der Waals surface area contributed by atoms with Crippen LogP contribution in [0.5, 0.6) is 0 Å². The summed E-state index contributed by atoms with van der Waals surface area (Å²) in [6.07, 6.45) is 18.6. The van der Waals surface area contributed by atoms with Crippen molar-refractivity contribution in [2.45, 2.75) is 19.8 Å². The van der Waals surface area contributed by atoms with Crippen LogP contribution < -0.4 is 5.32 Å². The highest BCUT2D eigenvalue weighted by atomic mass is 14.8. The van der Waals surface area contributed by atoms with Gasteiger partial charge in [0.15, 0.2) is 0 Å². The summed E-state index contributed by atoms with van der Waals surface area (Å²) in [5.41, 5.74) is 1.50. The Hall–Kier alpha value is -1.08. The number of rotatable bonds is 4. The van der Waals surface area contributed by atoms with E-state index in [0.29, 0.717) is 17.8 Å². The fraction of sp³-hybridized carbons (Fsp3) is 0.500. The summed E-state index contributed by atoms with van der Waals surface area (Å²) in [6.45, 7) is 3.36. The third-order valence-electron chi connectivity index (χ3n) is 3.79. The van der Waals surface area contributed by atoms with Crippen molar-refractivity contribution in [1.82, 2.24) is 5.32 Å². The Labute approximate surface area is 105 Å². The first-order valence-electron chi connectivity index (χ1n) is 6.73. The van der Waals surface area contributed by atoms with Gasteiger partial charge >= 0.3 is 0 Å². The van der Waals surface area contributed by atoms with Crippen molar-refractivity contribution in [3.63, 3.8) is 0 Å². The third kappa shape index (κ3) is 2.98. The predicted octanol–water partition coefficient (Wildman–Crippen LogP) is 3.48. The Morgan fingerprint density at radius 2 is 2.06 bits per heavy atom. The van der Waals surface area contributed by atoms with Gasteiger partial charge in [-0.1, -0.05) is 49.5 Å². The van der Waals surface area contributed by atoms with E-state index in [9.17, 15) is 0 Å². The zero-order valence-corrected chi connectivity index (χ0v) is 10.9. The first-order chi connectivity index (χ1) is 8.35. The molecule has 3 unspecified atom stereocenters. The van der Waals surface area contributed by atoms with Crippen molar-refractivity contribution in [1.29, 1.82) is 0 Å². The lowest BCUT2D eigenvalue weighted by atomic mass is 9.78. The van der Waals surface area contributed by atoms with Crippen LogP contribution in [-0.2, 0) is 0 Å². The molecular formula is C16H23N. The van der Waals surface area contributed by atoms with Crippen LogP contribution in [0, 0.1) is 17.8 Å². The Bertz CT molecular complexity index is 360. The molecule has 1 heteroatoms. The fourth-order valence-corrected chi connectivity index (χ4v) is 2.74. The molecule has 2 aliphatic carbocycles. The van der Waals surface area contributed by atoms with Crippen LogP contribution in [0.25, 0.3) is 0 Å². The highest BCUT2D eigenvalue weighted by molar-refractivity contribution is 5.33. The van der Waals surface area contributed by atoms with Crippen LogP contribution in [0.4, 0.5) is 0 Å². The van der Waals surface area contributed by atoms with Gasteiger partial charge in [0.2, 0.25) is 0 Å². The standard InChI is InChI=1S/C16H23N/c1-3-14-6-4-5-7-16(14)15-10-8-13(9-11-15)12-17-2/h4-8,10-11,13-14,16-17H,3,9,12H2,1-2H3. The highest BCUT2D eigenvalue weighted by Crippen LogP contribution is 2.32. The van der Waals surface area contributed by atoms with Crippen molar-refractivity contribution in [2.24, 2.45) is 17.8 Å². The van der Waals surface area contributed by atoms with Crippen LogP contribution in [0.3, 0.4) is 0 Å². The van der Waals surface area contributed by atoms with Crippen LogP contribution in [0.2, 0.25) is 0 Å². The van der Waals surface area contributed by atoms with Gasteiger partial charge in [0.25, 0.3) is 0 Å². The Morgan fingerprint density at radius 1 is 1.24 bits per heavy atom. The summed E-state index contributed by atoms with van der Waals surface area (Å²) in [6, 6.07) is 0. The summed E-state index contributed by atoms with van der Waals surface area (Å²) in [5.74, 6) is 1.94. The van der Waals surface area contributed by atoms with Gasteiger partial charge in [-0.3, -0.25) is 0 Å². The zero-order chi connectivity index (χ0) is 12.1.